The molecule has 0 N–H and O–H groups in total. The zero-order valence-electron chi connectivity index (χ0n) is 9.60. The van der Waals surface area contributed by atoms with Gasteiger partial charge in [-0.15, -0.1) is 0 Å². The third-order valence-corrected chi connectivity index (χ3v) is 3.85. The van der Waals surface area contributed by atoms with E-state index in [1.807, 2.05) is 0 Å². The minimum atomic E-state index is 0.638. The van der Waals surface area contributed by atoms with Crippen molar-refractivity contribution in [3.63, 3.8) is 0 Å². The number of fused-ring (bicyclic) bond motifs is 1. The fraction of sp³-hybridized carbons (Fsp3) is 0.429. The van der Waals surface area contributed by atoms with Crippen LogP contribution in [0.1, 0.15) is 41.5 Å². The van der Waals surface area contributed by atoms with E-state index in [4.69, 9.17) is 0 Å². The third kappa shape index (κ3) is 1.78. The number of allylic oxidation sites excluding steroid dienone is 1. The molecule has 0 amide bonds. The first kappa shape index (κ1) is 10.9. The molecule has 0 fully saturated rings. The summed E-state index contributed by atoms with van der Waals surface area (Å²) < 4.78 is 0. The molecule has 0 radical (unpaired) electrons. The molecule has 1 atom stereocenters. The number of halogens is 1. The number of rotatable bonds is 2. The van der Waals surface area contributed by atoms with Gasteiger partial charge in [-0.3, -0.25) is 0 Å². The first-order valence-corrected chi connectivity index (χ1v) is 6.61. The molecule has 1 aromatic carbocycles. The molecule has 0 spiro atoms. The van der Waals surface area contributed by atoms with E-state index in [-0.39, 0.29) is 0 Å². The number of alkyl halides is 1. The van der Waals surface area contributed by atoms with Crippen molar-refractivity contribution in [3.8, 4) is 0 Å². The maximum absolute atomic E-state index is 3.55. The number of hydrogen-bond donors (Lipinski definition) is 0. The molecule has 1 heteroatoms. The van der Waals surface area contributed by atoms with Gasteiger partial charge >= 0.3 is 0 Å². The van der Waals surface area contributed by atoms with Crippen molar-refractivity contribution in [3.05, 3.63) is 40.0 Å². The van der Waals surface area contributed by atoms with E-state index >= 15 is 0 Å². The first-order chi connectivity index (χ1) is 7.15. The standard InChI is InChI=1S/C14H17Br/c1-9-4-5-10(2)14-12(6-7-15)11(3)8-13(9)14/h4-5,8,12H,6-7H2,1-3H3. The minimum Gasteiger partial charge on any atom is -0.0928 e. The van der Waals surface area contributed by atoms with Gasteiger partial charge in [-0.25, -0.2) is 0 Å². The van der Waals surface area contributed by atoms with Crippen molar-refractivity contribution in [2.45, 2.75) is 33.1 Å². The minimum absolute atomic E-state index is 0.638. The molecule has 0 nitrogen and oxygen atoms in total. The van der Waals surface area contributed by atoms with Crippen LogP contribution in [0.4, 0.5) is 0 Å². The molecule has 0 aromatic heterocycles. The van der Waals surface area contributed by atoms with Crippen molar-refractivity contribution >= 4 is 22.0 Å². The Labute approximate surface area is 101 Å². The Balaban J connectivity index is 2.54. The van der Waals surface area contributed by atoms with E-state index in [0.29, 0.717) is 5.92 Å². The van der Waals surface area contributed by atoms with Gasteiger partial charge in [-0.2, -0.15) is 0 Å². The molecule has 80 valence electrons. The van der Waals surface area contributed by atoms with Crippen molar-refractivity contribution in [2.24, 2.45) is 0 Å². The molecular formula is C14H17Br. The number of aryl methyl sites for hydroxylation is 2. The highest BCUT2D eigenvalue weighted by atomic mass is 79.9. The van der Waals surface area contributed by atoms with Gasteiger partial charge in [0.1, 0.15) is 0 Å². The van der Waals surface area contributed by atoms with Crippen LogP contribution < -0.4 is 0 Å². The second kappa shape index (κ2) is 4.13. The number of hydrogen-bond acceptors (Lipinski definition) is 0. The van der Waals surface area contributed by atoms with E-state index in [1.165, 1.54) is 28.7 Å². The lowest BCUT2D eigenvalue weighted by atomic mass is 9.89. The van der Waals surface area contributed by atoms with Crippen molar-refractivity contribution in [1.29, 1.82) is 0 Å². The van der Waals surface area contributed by atoms with Crippen LogP contribution in [0.25, 0.3) is 6.08 Å². The van der Waals surface area contributed by atoms with Gasteiger partial charge in [0.2, 0.25) is 0 Å². The van der Waals surface area contributed by atoms with Crippen molar-refractivity contribution < 1.29 is 0 Å². The zero-order chi connectivity index (χ0) is 11.0. The van der Waals surface area contributed by atoms with Crippen molar-refractivity contribution in [1.82, 2.24) is 0 Å². The van der Waals surface area contributed by atoms with E-state index in [2.05, 4.69) is 54.9 Å². The fourth-order valence-electron chi connectivity index (χ4n) is 2.55. The van der Waals surface area contributed by atoms with Gasteiger partial charge < -0.3 is 0 Å². The summed E-state index contributed by atoms with van der Waals surface area (Å²) >= 11 is 3.55. The molecular weight excluding hydrogens is 248 g/mol. The Kier molecular flexibility index (Phi) is 3.01. The van der Waals surface area contributed by atoms with Gasteiger partial charge in [0.15, 0.2) is 0 Å². The average molecular weight is 265 g/mol. The Morgan fingerprint density at radius 3 is 2.47 bits per heavy atom. The van der Waals surface area contributed by atoms with Crippen LogP contribution in [0.15, 0.2) is 17.7 Å². The van der Waals surface area contributed by atoms with E-state index in [9.17, 15) is 0 Å². The predicted octanol–water partition coefficient (Wildman–Crippen LogP) is 4.59. The molecule has 1 aromatic rings. The topological polar surface area (TPSA) is 0 Å². The Hall–Kier alpha value is -0.560. The SMILES string of the molecule is CC1=Cc2c(C)ccc(C)c2C1CCBr. The Morgan fingerprint density at radius 1 is 1.13 bits per heavy atom. The van der Waals surface area contributed by atoms with Gasteiger partial charge in [-0.05, 0) is 49.4 Å². The molecule has 1 aliphatic carbocycles. The summed E-state index contributed by atoms with van der Waals surface area (Å²) in [5.74, 6) is 0.638. The van der Waals surface area contributed by atoms with Crippen LogP contribution in [0.3, 0.4) is 0 Å². The molecule has 0 saturated heterocycles. The maximum Gasteiger partial charge on any atom is 0.00653 e. The smallest absolute Gasteiger partial charge is 0.00653 e. The molecule has 1 aliphatic rings. The van der Waals surface area contributed by atoms with Gasteiger partial charge in [-0.1, -0.05) is 39.7 Å². The normalized spacial score (nSPS) is 18.9. The van der Waals surface area contributed by atoms with Gasteiger partial charge in [0.05, 0.1) is 0 Å². The molecule has 0 saturated carbocycles. The number of benzene rings is 1. The van der Waals surface area contributed by atoms with Crippen LogP contribution >= 0.6 is 15.9 Å². The summed E-state index contributed by atoms with van der Waals surface area (Å²) in [4.78, 5) is 0. The van der Waals surface area contributed by atoms with Crippen LogP contribution in [0.5, 0.6) is 0 Å². The maximum atomic E-state index is 3.55. The lowest BCUT2D eigenvalue weighted by Gasteiger charge is -2.16. The summed E-state index contributed by atoms with van der Waals surface area (Å²) in [5, 5.41) is 1.08. The second-order valence-electron chi connectivity index (χ2n) is 4.45. The Morgan fingerprint density at radius 2 is 1.80 bits per heavy atom. The van der Waals surface area contributed by atoms with Crippen LogP contribution in [-0.2, 0) is 0 Å². The summed E-state index contributed by atoms with van der Waals surface area (Å²) in [6.45, 7) is 6.69. The molecule has 0 heterocycles. The fourth-order valence-corrected chi connectivity index (χ4v) is 3.00. The largest absolute Gasteiger partial charge is 0.0928 e. The molecule has 0 aliphatic heterocycles. The molecule has 15 heavy (non-hydrogen) atoms. The highest BCUT2D eigenvalue weighted by Gasteiger charge is 2.24. The lowest BCUT2D eigenvalue weighted by molar-refractivity contribution is 0.781. The highest BCUT2D eigenvalue weighted by molar-refractivity contribution is 9.09. The van der Waals surface area contributed by atoms with E-state index in [0.717, 1.165) is 5.33 Å². The summed E-state index contributed by atoms with van der Waals surface area (Å²) in [5.41, 5.74) is 7.40. The second-order valence-corrected chi connectivity index (χ2v) is 5.24. The van der Waals surface area contributed by atoms with Gasteiger partial charge in [0, 0.05) is 11.2 Å². The predicted molar refractivity (Wildman–Crippen MR) is 70.7 cm³/mol. The highest BCUT2D eigenvalue weighted by Crippen LogP contribution is 2.41. The Bertz CT molecular complexity index is 416. The molecule has 0 bridgehead atoms. The summed E-state index contributed by atoms with van der Waals surface area (Å²) in [6.07, 6.45) is 3.57. The summed E-state index contributed by atoms with van der Waals surface area (Å²) in [7, 11) is 0. The van der Waals surface area contributed by atoms with Crippen molar-refractivity contribution in [2.75, 3.05) is 5.33 Å². The van der Waals surface area contributed by atoms with Crippen LogP contribution in [0.2, 0.25) is 0 Å². The van der Waals surface area contributed by atoms with E-state index in [1.54, 1.807) is 5.56 Å². The monoisotopic (exact) mass is 264 g/mol. The van der Waals surface area contributed by atoms with Crippen LogP contribution in [-0.4, -0.2) is 5.33 Å². The quantitative estimate of drug-likeness (QED) is 0.686. The van der Waals surface area contributed by atoms with Gasteiger partial charge in [0.25, 0.3) is 0 Å². The van der Waals surface area contributed by atoms with Crippen LogP contribution in [0, 0.1) is 13.8 Å². The third-order valence-electron chi connectivity index (χ3n) is 3.39. The summed E-state index contributed by atoms with van der Waals surface area (Å²) in [6, 6.07) is 4.48. The lowest BCUT2D eigenvalue weighted by Crippen LogP contribution is -2.01. The zero-order valence-corrected chi connectivity index (χ0v) is 11.2. The average Bonchev–Trinajstić information content (AvgIpc) is 2.53. The molecule has 1 unspecified atom stereocenters. The van der Waals surface area contributed by atoms with E-state index < -0.39 is 0 Å². The first-order valence-electron chi connectivity index (χ1n) is 5.49. The molecule has 2 rings (SSSR count).